The number of hydrogen-bond acceptors (Lipinski definition) is 10. The second-order valence-electron chi connectivity index (χ2n) is 9.58. The van der Waals surface area contributed by atoms with Crippen molar-refractivity contribution in [3.05, 3.63) is 51.8 Å². The third-order valence-electron chi connectivity index (χ3n) is 7.15. The molecule has 38 heavy (non-hydrogen) atoms. The van der Waals surface area contributed by atoms with Crippen LogP contribution in [0.3, 0.4) is 0 Å². The number of carbonyl (C=O) groups is 1. The van der Waals surface area contributed by atoms with Crippen LogP contribution in [0.2, 0.25) is 0 Å². The number of nitrogens with one attached hydrogen (secondary N) is 1. The molecule has 1 saturated carbocycles. The van der Waals surface area contributed by atoms with E-state index in [0.717, 1.165) is 29.5 Å². The van der Waals surface area contributed by atoms with Gasteiger partial charge in [-0.3, -0.25) is 14.2 Å². The van der Waals surface area contributed by atoms with Crippen LogP contribution in [-0.4, -0.2) is 57.6 Å². The van der Waals surface area contributed by atoms with Crippen LogP contribution in [0.4, 0.5) is 11.8 Å². The number of anilines is 2. The molecule has 14 nitrogen and oxygen atoms in total. The van der Waals surface area contributed by atoms with Gasteiger partial charge >= 0.3 is 5.69 Å². The van der Waals surface area contributed by atoms with E-state index in [1.807, 2.05) is 6.07 Å². The van der Waals surface area contributed by atoms with Crippen LogP contribution in [0.15, 0.2) is 40.6 Å². The van der Waals surface area contributed by atoms with Gasteiger partial charge in [0.1, 0.15) is 18.4 Å². The van der Waals surface area contributed by atoms with Crippen molar-refractivity contribution in [2.45, 2.75) is 25.9 Å². The van der Waals surface area contributed by atoms with Crippen molar-refractivity contribution in [2.75, 3.05) is 23.3 Å². The Morgan fingerprint density at radius 2 is 1.92 bits per heavy atom. The molecule has 4 aromatic rings. The monoisotopic (exact) mass is 513 g/mol. The lowest BCUT2D eigenvalue weighted by Gasteiger charge is -2.17. The molecule has 0 aromatic carbocycles. The van der Waals surface area contributed by atoms with Gasteiger partial charge in [-0.1, -0.05) is 0 Å². The van der Waals surface area contributed by atoms with E-state index in [-0.39, 0.29) is 17.0 Å². The molecule has 0 bridgehead atoms. The van der Waals surface area contributed by atoms with E-state index >= 15 is 0 Å². The van der Waals surface area contributed by atoms with E-state index in [9.17, 15) is 14.4 Å². The molecule has 5 heterocycles. The van der Waals surface area contributed by atoms with Crippen molar-refractivity contribution in [2.24, 2.45) is 18.9 Å². The lowest BCUT2D eigenvalue weighted by Crippen LogP contribution is -2.40. The summed E-state index contributed by atoms with van der Waals surface area (Å²) in [5.74, 6) is 2.39. The third-order valence-corrected chi connectivity index (χ3v) is 7.15. The summed E-state index contributed by atoms with van der Waals surface area (Å²) < 4.78 is 3.35. The van der Waals surface area contributed by atoms with E-state index in [2.05, 4.69) is 35.1 Å². The Morgan fingerprint density at radius 1 is 1.18 bits per heavy atom. The summed E-state index contributed by atoms with van der Waals surface area (Å²) >= 11 is 0. The van der Waals surface area contributed by atoms with Gasteiger partial charge in [0.2, 0.25) is 11.9 Å². The minimum atomic E-state index is -0.881. The quantitative estimate of drug-likeness (QED) is 0.379. The fourth-order valence-electron chi connectivity index (χ4n) is 4.88. The maximum atomic E-state index is 13.1. The van der Waals surface area contributed by atoms with Crippen LogP contribution in [0.5, 0.6) is 0 Å². The Labute approximate surface area is 215 Å². The summed E-state index contributed by atoms with van der Waals surface area (Å²) in [6, 6.07) is 2.48. The summed E-state index contributed by atoms with van der Waals surface area (Å²) in [6.07, 6.45) is 7.48. The van der Waals surface area contributed by atoms with Crippen molar-refractivity contribution in [1.29, 1.82) is 5.26 Å². The first-order chi connectivity index (χ1) is 18.4. The molecule has 2 aliphatic rings. The van der Waals surface area contributed by atoms with Crippen molar-refractivity contribution in [3.8, 4) is 17.5 Å². The molecule has 3 unspecified atom stereocenters. The highest BCUT2D eigenvalue weighted by atomic mass is 16.2. The number of fused-ring (bicyclic) bond motifs is 2. The zero-order chi connectivity index (χ0) is 26.6. The van der Waals surface area contributed by atoms with Crippen molar-refractivity contribution < 1.29 is 4.79 Å². The van der Waals surface area contributed by atoms with Crippen LogP contribution < -0.4 is 21.5 Å². The van der Waals surface area contributed by atoms with Gasteiger partial charge in [0.15, 0.2) is 17.0 Å². The molecule has 1 N–H and O–H groups in total. The van der Waals surface area contributed by atoms with E-state index in [1.54, 1.807) is 25.4 Å². The maximum Gasteiger partial charge on any atom is 0.333 e. The number of aromatic nitrogens is 8. The minimum Gasteiger partial charge on any atom is -0.340 e. The molecular weight excluding hydrogens is 490 g/mol. The molecular formula is C24H23N11O3. The average molecular weight is 514 g/mol. The normalized spacial score (nSPS) is 18.7. The number of nitrogens with zero attached hydrogens (tertiary/aromatic N) is 10. The molecule has 6 rings (SSSR count). The lowest BCUT2D eigenvalue weighted by atomic mass is 10.3. The number of carbonyl (C=O) groups excluding carboxylic acids is 1. The zero-order valence-electron chi connectivity index (χ0n) is 20.6. The third kappa shape index (κ3) is 3.88. The number of aryl methyl sites for hydroxylation is 1. The second kappa shape index (κ2) is 8.87. The van der Waals surface area contributed by atoms with Crippen molar-refractivity contribution in [1.82, 2.24) is 38.6 Å². The Hall–Kier alpha value is -4.93. The summed E-state index contributed by atoms with van der Waals surface area (Å²) in [5, 5.41) is 11.8. The van der Waals surface area contributed by atoms with Crippen LogP contribution >= 0.6 is 0 Å². The number of rotatable bonds is 6. The fourth-order valence-corrected chi connectivity index (χ4v) is 4.88. The molecule has 4 aromatic heterocycles. The number of nitriles is 1. The van der Waals surface area contributed by atoms with Crippen molar-refractivity contribution in [3.63, 3.8) is 0 Å². The summed E-state index contributed by atoms with van der Waals surface area (Å²) in [5.41, 5.74) is -0.579. The topological polar surface area (TPSA) is 170 Å². The number of hydrogen-bond donors (Lipinski definition) is 1. The molecule has 1 aliphatic carbocycles. The predicted molar refractivity (Wildman–Crippen MR) is 135 cm³/mol. The lowest BCUT2D eigenvalue weighted by molar-refractivity contribution is -0.118. The van der Waals surface area contributed by atoms with Gasteiger partial charge in [-0.2, -0.15) is 5.26 Å². The van der Waals surface area contributed by atoms with Crippen LogP contribution in [0, 0.1) is 23.2 Å². The van der Waals surface area contributed by atoms with Crippen LogP contribution in [0.25, 0.3) is 22.6 Å². The fraction of sp³-hybridized carbons (Fsp3) is 0.375. The Morgan fingerprint density at radius 3 is 2.63 bits per heavy atom. The molecule has 14 heteroatoms. The first-order valence-electron chi connectivity index (χ1n) is 12.1. The number of imidazole rings is 1. The van der Waals surface area contributed by atoms with Gasteiger partial charge in [0, 0.05) is 38.7 Å². The van der Waals surface area contributed by atoms with Gasteiger partial charge in [0.05, 0.1) is 18.0 Å². The van der Waals surface area contributed by atoms with E-state index < -0.39 is 29.7 Å². The van der Waals surface area contributed by atoms with Crippen LogP contribution in [0.1, 0.15) is 19.4 Å². The molecule has 3 atom stereocenters. The summed E-state index contributed by atoms with van der Waals surface area (Å²) in [7, 11) is 1.45. The smallest absolute Gasteiger partial charge is 0.333 e. The SMILES string of the molecule is CC(C(=O)Nc1ccnc(-c2cnc(N3CC4CC4C3)nc2)n1)n1cnc2c1c(=O)n(CC#N)c(=O)n2C. The van der Waals surface area contributed by atoms with Gasteiger partial charge in [0.25, 0.3) is 5.56 Å². The molecule has 192 valence electrons. The summed E-state index contributed by atoms with van der Waals surface area (Å²) in [4.78, 5) is 62.5. The molecule has 1 aliphatic heterocycles. The maximum absolute atomic E-state index is 13.1. The van der Waals surface area contributed by atoms with Gasteiger partial charge < -0.3 is 14.8 Å². The number of piperidine rings is 1. The molecule has 1 amide bonds. The molecule has 0 spiro atoms. The van der Waals surface area contributed by atoms with E-state index in [4.69, 9.17) is 5.26 Å². The first-order valence-corrected chi connectivity index (χ1v) is 12.1. The Kier molecular flexibility index (Phi) is 5.48. The zero-order valence-corrected chi connectivity index (χ0v) is 20.6. The molecule has 2 fully saturated rings. The van der Waals surface area contributed by atoms with E-state index in [1.165, 1.54) is 35.1 Å². The largest absolute Gasteiger partial charge is 0.340 e. The Bertz CT molecular complexity index is 1720. The minimum absolute atomic E-state index is 0.0425. The molecule has 0 radical (unpaired) electrons. The highest BCUT2D eigenvalue weighted by molar-refractivity contribution is 5.93. The highest BCUT2D eigenvalue weighted by Gasteiger charge is 2.45. The van der Waals surface area contributed by atoms with E-state index in [0.29, 0.717) is 17.3 Å². The van der Waals surface area contributed by atoms with Gasteiger partial charge in [-0.15, -0.1) is 0 Å². The average Bonchev–Trinajstić information content (AvgIpc) is 3.32. The Balaban J connectivity index is 1.23. The number of amides is 1. The van der Waals surface area contributed by atoms with Crippen molar-refractivity contribution >= 4 is 28.8 Å². The highest BCUT2D eigenvalue weighted by Crippen LogP contribution is 2.45. The van der Waals surface area contributed by atoms with Gasteiger partial charge in [-0.05, 0) is 31.2 Å². The summed E-state index contributed by atoms with van der Waals surface area (Å²) in [6.45, 7) is 3.16. The van der Waals surface area contributed by atoms with Gasteiger partial charge in [-0.25, -0.2) is 34.3 Å². The predicted octanol–water partition coefficient (Wildman–Crippen LogP) is 0.323. The second-order valence-corrected chi connectivity index (χ2v) is 9.58. The molecule has 1 saturated heterocycles. The standard InChI is InChI=1S/C24H23N11O3/c1-13(35-12-29-20-18(35)22(37)34(6-4-25)24(38)32(20)2)21(36)31-17-3-5-26-19(30-17)16-8-27-23(28-9-16)33-10-14-7-15(14)11-33/h3,5,8-9,12-15H,6-7,10-11H2,1-2H3,(H,26,30,31,36). The van der Waals surface area contributed by atoms with Crippen LogP contribution in [-0.2, 0) is 18.4 Å². The first kappa shape index (κ1) is 23.5.